The van der Waals surface area contributed by atoms with Crippen LogP contribution in [0.1, 0.15) is 50.7 Å². The highest BCUT2D eigenvalue weighted by molar-refractivity contribution is 9.10. The molecule has 1 aliphatic heterocycles. The number of rotatable bonds is 4. The average Bonchev–Trinajstić information content (AvgIpc) is 3.08. The molecule has 0 aliphatic carbocycles. The number of aromatic nitrogens is 1. The minimum Gasteiger partial charge on any atom is -0.444 e. The third kappa shape index (κ3) is 6.08. The summed E-state index contributed by atoms with van der Waals surface area (Å²) >= 11 is 3.29. The molecule has 1 saturated heterocycles. The van der Waals surface area contributed by atoms with Crippen molar-refractivity contribution in [3.63, 3.8) is 0 Å². The highest BCUT2D eigenvalue weighted by Crippen LogP contribution is 2.28. The number of hydrogen-bond acceptors (Lipinski definition) is 7. The Bertz CT molecular complexity index is 968. The Morgan fingerprint density at radius 3 is 2.22 bits per heavy atom. The van der Waals surface area contributed by atoms with Gasteiger partial charge < -0.3 is 19.2 Å². The van der Waals surface area contributed by atoms with Gasteiger partial charge in [0.05, 0.1) is 5.60 Å². The maximum absolute atomic E-state index is 12.7. The Morgan fingerprint density at radius 1 is 1.09 bits per heavy atom. The van der Waals surface area contributed by atoms with Crippen molar-refractivity contribution >= 4 is 27.9 Å². The maximum atomic E-state index is 12.7. The van der Waals surface area contributed by atoms with Crippen LogP contribution in [0.25, 0.3) is 11.5 Å². The van der Waals surface area contributed by atoms with Crippen LogP contribution in [0.15, 0.2) is 33.3 Å². The van der Waals surface area contributed by atoms with E-state index in [1.54, 1.807) is 48.0 Å². The second-order valence-corrected chi connectivity index (χ2v) is 9.92. The molecule has 9 nitrogen and oxygen atoms in total. The molecule has 2 aromatic rings. The van der Waals surface area contributed by atoms with Crippen molar-refractivity contribution in [2.24, 2.45) is 0 Å². The van der Waals surface area contributed by atoms with Crippen LogP contribution in [0.3, 0.4) is 0 Å². The third-order valence-electron chi connectivity index (χ3n) is 4.82. The molecule has 32 heavy (non-hydrogen) atoms. The van der Waals surface area contributed by atoms with Gasteiger partial charge in [0.25, 0.3) is 0 Å². The number of halogens is 1. The van der Waals surface area contributed by atoms with Crippen LogP contribution < -0.4 is 5.43 Å². The smallest absolute Gasteiger partial charge is 0.410 e. The van der Waals surface area contributed by atoms with E-state index in [-0.39, 0.29) is 11.9 Å². The Kier molecular flexibility index (Phi) is 6.97. The Labute approximate surface area is 195 Å². The van der Waals surface area contributed by atoms with E-state index in [2.05, 4.69) is 26.3 Å². The van der Waals surface area contributed by atoms with Gasteiger partial charge in [-0.3, -0.25) is 10.2 Å². The molecule has 174 valence electrons. The first kappa shape index (κ1) is 24.2. The zero-order valence-electron chi connectivity index (χ0n) is 18.9. The number of carbonyl (C=O) groups is 2. The van der Waals surface area contributed by atoms with Crippen LogP contribution in [0, 0.1) is 0 Å². The molecule has 3 rings (SSSR count). The van der Waals surface area contributed by atoms with Gasteiger partial charge in [0.2, 0.25) is 11.7 Å². The van der Waals surface area contributed by atoms with Crippen LogP contribution in [0.2, 0.25) is 0 Å². The summed E-state index contributed by atoms with van der Waals surface area (Å²) in [5.74, 6) is -0.0883. The number of carbonyl (C=O) groups excluding carboxylic acids is 2. The number of piperazine rings is 1. The Hall–Kier alpha value is -2.43. The Balaban J connectivity index is 1.60. The van der Waals surface area contributed by atoms with E-state index in [9.17, 15) is 14.7 Å². The lowest BCUT2D eigenvalue weighted by atomic mass is 9.97. The van der Waals surface area contributed by atoms with Gasteiger partial charge in [-0.15, -0.1) is 0 Å². The molecule has 0 atom stereocenters. The van der Waals surface area contributed by atoms with Crippen molar-refractivity contribution in [2.45, 2.75) is 45.8 Å². The van der Waals surface area contributed by atoms with Crippen molar-refractivity contribution < 1.29 is 23.8 Å². The minimum absolute atomic E-state index is 0.0566. The fourth-order valence-corrected chi connectivity index (χ4v) is 3.53. The number of ether oxygens (including phenoxy) is 1. The molecule has 2 heterocycles. The molecule has 0 spiro atoms. The fraction of sp³-hybridized carbons (Fsp3) is 0.500. The van der Waals surface area contributed by atoms with Crippen molar-refractivity contribution in [1.29, 1.82) is 0 Å². The fourth-order valence-electron chi connectivity index (χ4n) is 3.11. The number of hydrogen-bond donors (Lipinski definition) is 2. The van der Waals surface area contributed by atoms with Gasteiger partial charge in [-0.2, -0.15) is 0 Å². The van der Waals surface area contributed by atoms with Crippen molar-refractivity contribution in [3.05, 3.63) is 40.2 Å². The summed E-state index contributed by atoms with van der Waals surface area (Å²) in [5, 5.41) is 11.8. The van der Waals surface area contributed by atoms with E-state index in [0.29, 0.717) is 42.2 Å². The Morgan fingerprint density at radius 2 is 1.69 bits per heavy atom. The number of nitrogens with one attached hydrogen (secondary N) is 1. The molecule has 10 heteroatoms. The molecule has 0 unspecified atom stereocenters. The van der Waals surface area contributed by atoms with Crippen molar-refractivity contribution in [2.75, 3.05) is 26.2 Å². The zero-order valence-corrected chi connectivity index (χ0v) is 20.5. The zero-order chi connectivity index (χ0) is 23.7. The van der Waals surface area contributed by atoms with E-state index >= 15 is 0 Å². The lowest BCUT2D eigenvalue weighted by molar-refractivity contribution is 0.00951. The summed E-state index contributed by atoms with van der Waals surface area (Å²) in [6, 6.07) is 7.14. The molecule has 0 saturated carbocycles. The molecule has 2 N–H and O–H groups in total. The monoisotopic (exact) mass is 508 g/mol. The molecule has 1 fully saturated rings. The summed E-state index contributed by atoms with van der Waals surface area (Å²) in [6.07, 6.45) is -0.360. The van der Waals surface area contributed by atoms with Crippen LogP contribution in [-0.4, -0.2) is 63.8 Å². The SMILES string of the molecule is CC(C)(C)OC(=O)N1CCN(NC(=O)c2oc(-c3ccc(C(C)(C)O)cc3)nc2Br)CC1. The largest absolute Gasteiger partial charge is 0.444 e. The number of nitrogens with zero attached hydrogens (tertiary/aromatic N) is 3. The normalized spacial score (nSPS) is 15.5. The molecule has 0 bridgehead atoms. The van der Waals surface area contributed by atoms with Crippen molar-refractivity contribution in [3.8, 4) is 11.5 Å². The van der Waals surface area contributed by atoms with Gasteiger partial charge in [-0.05, 0) is 68.2 Å². The highest BCUT2D eigenvalue weighted by Gasteiger charge is 2.28. The molecule has 1 aromatic carbocycles. The average molecular weight is 509 g/mol. The summed E-state index contributed by atoms with van der Waals surface area (Å²) in [7, 11) is 0. The molecular formula is C22H29BrN4O5. The lowest BCUT2D eigenvalue weighted by Gasteiger charge is -2.35. The summed E-state index contributed by atoms with van der Waals surface area (Å²) in [4.78, 5) is 30.8. The lowest BCUT2D eigenvalue weighted by Crippen LogP contribution is -2.55. The minimum atomic E-state index is -0.950. The van der Waals surface area contributed by atoms with E-state index in [4.69, 9.17) is 9.15 Å². The predicted molar refractivity (Wildman–Crippen MR) is 122 cm³/mol. The molecule has 1 aliphatic rings. The van der Waals surface area contributed by atoms with Crippen LogP contribution >= 0.6 is 15.9 Å². The van der Waals surface area contributed by atoms with Gasteiger partial charge in [0.1, 0.15) is 5.60 Å². The number of aliphatic hydroxyl groups is 1. The topological polar surface area (TPSA) is 108 Å². The number of hydrazine groups is 1. The molecule has 0 radical (unpaired) electrons. The molecule has 2 amide bonds. The van der Waals surface area contributed by atoms with Crippen LogP contribution in [0.4, 0.5) is 4.79 Å². The molecular weight excluding hydrogens is 480 g/mol. The number of amides is 2. The van der Waals surface area contributed by atoms with E-state index in [1.807, 2.05) is 20.8 Å². The van der Waals surface area contributed by atoms with E-state index in [0.717, 1.165) is 5.56 Å². The van der Waals surface area contributed by atoms with Gasteiger partial charge in [0, 0.05) is 31.7 Å². The summed E-state index contributed by atoms with van der Waals surface area (Å²) in [6.45, 7) is 10.7. The third-order valence-corrected chi connectivity index (χ3v) is 5.36. The van der Waals surface area contributed by atoms with Crippen LogP contribution in [-0.2, 0) is 10.3 Å². The number of benzene rings is 1. The highest BCUT2D eigenvalue weighted by atomic mass is 79.9. The standard InChI is InChI=1S/C22H29BrN4O5/c1-21(2,3)32-20(29)26-10-12-27(13-11-26)25-18(28)16-17(23)24-19(31-16)14-6-8-15(9-7-14)22(4,5)30/h6-9,30H,10-13H2,1-5H3,(H,25,28). The van der Waals surface area contributed by atoms with Gasteiger partial charge in [0.15, 0.2) is 4.60 Å². The second kappa shape index (κ2) is 9.21. The first-order chi connectivity index (χ1) is 14.8. The first-order valence-corrected chi connectivity index (χ1v) is 11.2. The quantitative estimate of drug-likeness (QED) is 0.649. The van der Waals surface area contributed by atoms with Gasteiger partial charge >= 0.3 is 12.0 Å². The van der Waals surface area contributed by atoms with Crippen LogP contribution in [0.5, 0.6) is 0 Å². The van der Waals surface area contributed by atoms with Gasteiger partial charge in [-0.25, -0.2) is 14.8 Å². The first-order valence-electron chi connectivity index (χ1n) is 10.4. The van der Waals surface area contributed by atoms with Crippen molar-refractivity contribution in [1.82, 2.24) is 20.3 Å². The second-order valence-electron chi connectivity index (χ2n) is 9.17. The predicted octanol–water partition coefficient (Wildman–Crippen LogP) is 3.53. The van der Waals surface area contributed by atoms with E-state index < -0.39 is 17.1 Å². The maximum Gasteiger partial charge on any atom is 0.410 e. The molecule has 1 aromatic heterocycles. The summed E-state index contributed by atoms with van der Waals surface area (Å²) < 4.78 is 11.4. The summed E-state index contributed by atoms with van der Waals surface area (Å²) in [5.41, 5.74) is 2.74. The van der Waals surface area contributed by atoms with E-state index in [1.165, 1.54) is 0 Å². The number of oxazole rings is 1. The van der Waals surface area contributed by atoms with Gasteiger partial charge in [-0.1, -0.05) is 12.1 Å².